The van der Waals surface area contributed by atoms with E-state index in [9.17, 15) is 0 Å². The molecule has 1 heteroatoms. The lowest BCUT2D eigenvalue weighted by atomic mass is 10.1. The van der Waals surface area contributed by atoms with Gasteiger partial charge >= 0.3 is 0 Å². The molecule has 11 heavy (non-hydrogen) atoms. The van der Waals surface area contributed by atoms with Crippen molar-refractivity contribution in [2.75, 3.05) is 14.1 Å². The van der Waals surface area contributed by atoms with Crippen LogP contribution in [0.3, 0.4) is 0 Å². The first kappa shape index (κ1) is 10.4. The van der Waals surface area contributed by atoms with Crippen molar-refractivity contribution in [3.8, 4) is 0 Å². The molecule has 1 atom stereocenters. The summed E-state index contributed by atoms with van der Waals surface area (Å²) in [6, 6.07) is 0.523. The monoisotopic (exact) mass is 153 g/mol. The second-order valence-electron chi connectivity index (χ2n) is 2.99. The van der Waals surface area contributed by atoms with Crippen LogP contribution < -0.4 is 0 Å². The van der Waals surface area contributed by atoms with Gasteiger partial charge in [-0.05, 0) is 33.4 Å². The van der Waals surface area contributed by atoms with Crippen molar-refractivity contribution >= 4 is 0 Å². The maximum atomic E-state index is 3.79. The topological polar surface area (TPSA) is 3.24 Å². The highest BCUT2D eigenvalue weighted by molar-refractivity contribution is 4.85. The number of nitrogens with zero attached hydrogens (tertiary/aromatic N) is 1. The van der Waals surface area contributed by atoms with Crippen LogP contribution in [0.1, 0.15) is 19.3 Å². The van der Waals surface area contributed by atoms with Gasteiger partial charge in [-0.2, -0.15) is 0 Å². The summed E-state index contributed by atoms with van der Waals surface area (Å²) in [7, 11) is 4.17. The second kappa shape index (κ2) is 6.17. The van der Waals surface area contributed by atoms with E-state index in [1.165, 1.54) is 12.8 Å². The highest BCUT2D eigenvalue weighted by atomic mass is 15.1. The van der Waals surface area contributed by atoms with Gasteiger partial charge in [-0.25, -0.2) is 0 Å². The van der Waals surface area contributed by atoms with Gasteiger partial charge in [0.2, 0.25) is 0 Å². The van der Waals surface area contributed by atoms with Crippen LogP contribution in [0.4, 0.5) is 0 Å². The van der Waals surface area contributed by atoms with E-state index in [4.69, 9.17) is 0 Å². The van der Waals surface area contributed by atoms with Gasteiger partial charge in [0.15, 0.2) is 0 Å². The molecule has 0 heterocycles. The fraction of sp³-hybridized carbons (Fsp3) is 0.600. The van der Waals surface area contributed by atoms with Gasteiger partial charge in [-0.15, -0.1) is 13.2 Å². The Morgan fingerprint density at radius 1 is 1.36 bits per heavy atom. The lowest BCUT2D eigenvalue weighted by molar-refractivity contribution is 0.324. The maximum absolute atomic E-state index is 3.79. The van der Waals surface area contributed by atoms with Crippen LogP contribution in [0, 0.1) is 0 Å². The molecule has 0 bridgehead atoms. The van der Waals surface area contributed by atoms with Crippen LogP contribution >= 0.6 is 0 Å². The van der Waals surface area contributed by atoms with Crippen LogP contribution in [0.25, 0.3) is 0 Å². The van der Waals surface area contributed by atoms with Crippen molar-refractivity contribution in [2.24, 2.45) is 0 Å². The Morgan fingerprint density at radius 2 is 2.00 bits per heavy atom. The van der Waals surface area contributed by atoms with Crippen molar-refractivity contribution in [3.63, 3.8) is 0 Å². The van der Waals surface area contributed by atoms with E-state index in [-0.39, 0.29) is 0 Å². The Kier molecular flexibility index (Phi) is 5.86. The molecule has 0 aromatic rings. The molecule has 0 aliphatic heterocycles. The number of hydrogen-bond donors (Lipinski definition) is 0. The molecule has 0 aromatic carbocycles. The normalized spacial score (nSPS) is 13.0. The zero-order chi connectivity index (χ0) is 8.69. The summed E-state index contributed by atoms with van der Waals surface area (Å²) in [5.41, 5.74) is 0. The van der Waals surface area contributed by atoms with Gasteiger partial charge < -0.3 is 4.90 Å². The van der Waals surface area contributed by atoms with E-state index in [1.807, 2.05) is 12.2 Å². The molecule has 0 aliphatic carbocycles. The molecule has 0 amide bonds. The molecule has 64 valence electrons. The molecule has 0 rings (SSSR count). The molecular weight excluding hydrogens is 134 g/mol. The summed E-state index contributed by atoms with van der Waals surface area (Å²) in [6.45, 7) is 7.48. The molecule has 0 N–H and O–H groups in total. The molecule has 0 fully saturated rings. The predicted octanol–water partition coefficient (Wildman–Crippen LogP) is 2.46. The Hall–Kier alpha value is -0.560. The summed E-state index contributed by atoms with van der Waals surface area (Å²) in [5.74, 6) is 0. The lowest BCUT2D eigenvalue weighted by Gasteiger charge is -2.19. The minimum atomic E-state index is 0.523. The summed E-state index contributed by atoms with van der Waals surface area (Å²) in [5, 5.41) is 0. The lowest BCUT2D eigenvalue weighted by Crippen LogP contribution is -2.25. The van der Waals surface area contributed by atoms with Crippen LogP contribution in [-0.2, 0) is 0 Å². The van der Waals surface area contributed by atoms with E-state index in [1.54, 1.807) is 0 Å². The zero-order valence-corrected chi connectivity index (χ0v) is 7.71. The Bertz CT molecular complexity index is 116. The molecule has 0 saturated heterocycles. The number of allylic oxidation sites excluding steroid dienone is 1. The third-order valence-electron chi connectivity index (χ3n) is 1.84. The quantitative estimate of drug-likeness (QED) is 0.418. The number of likely N-dealkylation sites (N-methyl/N-ethyl adjacent to an activating group) is 1. The van der Waals surface area contributed by atoms with Gasteiger partial charge in [0, 0.05) is 6.04 Å². The Balaban J connectivity index is 3.51. The van der Waals surface area contributed by atoms with Gasteiger partial charge in [0.25, 0.3) is 0 Å². The van der Waals surface area contributed by atoms with E-state index in [0.717, 1.165) is 6.42 Å². The van der Waals surface area contributed by atoms with E-state index in [2.05, 4.69) is 32.2 Å². The van der Waals surface area contributed by atoms with Crippen LogP contribution in [-0.4, -0.2) is 25.0 Å². The minimum absolute atomic E-state index is 0.523. The van der Waals surface area contributed by atoms with Crippen molar-refractivity contribution in [2.45, 2.75) is 25.3 Å². The summed E-state index contributed by atoms with van der Waals surface area (Å²) >= 11 is 0. The summed E-state index contributed by atoms with van der Waals surface area (Å²) < 4.78 is 0. The number of rotatable bonds is 6. The minimum Gasteiger partial charge on any atom is -0.303 e. The van der Waals surface area contributed by atoms with Crippen LogP contribution in [0.5, 0.6) is 0 Å². The molecule has 0 saturated carbocycles. The summed E-state index contributed by atoms with van der Waals surface area (Å²) in [4.78, 5) is 2.19. The molecular formula is C10H19N. The van der Waals surface area contributed by atoms with Crippen LogP contribution in [0.2, 0.25) is 0 Å². The first-order valence-corrected chi connectivity index (χ1v) is 4.12. The Morgan fingerprint density at radius 3 is 2.36 bits per heavy atom. The van der Waals surface area contributed by atoms with Crippen LogP contribution in [0.15, 0.2) is 25.3 Å². The molecule has 0 radical (unpaired) electrons. The molecule has 0 aliphatic rings. The van der Waals surface area contributed by atoms with Gasteiger partial charge in [-0.1, -0.05) is 12.2 Å². The third-order valence-corrected chi connectivity index (χ3v) is 1.84. The van der Waals surface area contributed by atoms with Crippen molar-refractivity contribution in [1.29, 1.82) is 0 Å². The predicted molar refractivity (Wildman–Crippen MR) is 51.7 cm³/mol. The SMILES string of the molecule is C=CCCCC(C=C)N(C)C. The molecule has 1 nitrogen and oxygen atoms in total. The van der Waals surface area contributed by atoms with Gasteiger partial charge in [-0.3, -0.25) is 0 Å². The van der Waals surface area contributed by atoms with Crippen molar-refractivity contribution < 1.29 is 0 Å². The third kappa shape index (κ3) is 4.79. The van der Waals surface area contributed by atoms with E-state index >= 15 is 0 Å². The molecule has 0 spiro atoms. The highest BCUT2D eigenvalue weighted by Crippen LogP contribution is 2.06. The van der Waals surface area contributed by atoms with Crippen molar-refractivity contribution in [1.82, 2.24) is 4.90 Å². The maximum Gasteiger partial charge on any atom is 0.0269 e. The molecule has 0 aromatic heterocycles. The highest BCUT2D eigenvalue weighted by Gasteiger charge is 2.04. The smallest absolute Gasteiger partial charge is 0.0269 e. The number of unbranched alkanes of at least 4 members (excludes halogenated alkanes) is 1. The first-order valence-electron chi connectivity index (χ1n) is 4.12. The largest absolute Gasteiger partial charge is 0.303 e. The second-order valence-corrected chi connectivity index (χ2v) is 2.99. The van der Waals surface area contributed by atoms with Gasteiger partial charge in [0.1, 0.15) is 0 Å². The van der Waals surface area contributed by atoms with Gasteiger partial charge in [0.05, 0.1) is 0 Å². The molecule has 1 unspecified atom stereocenters. The fourth-order valence-electron chi connectivity index (χ4n) is 1.06. The van der Waals surface area contributed by atoms with Crippen molar-refractivity contribution in [3.05, 3.63) is 25.3 Å². The average Bonchev–Trinajstić information content (AvgIpc) is 1.97. The Labute approximate surface area is 70.4 Å². The van der Waals surface area contributed by atoms with E-state index in [0.29, 0.717) is 6.04 Å². The van der Waals surface area contributed by atoms with E-state index < -0.39 is 0 Å². The standard InChI is InChI=1S/C10H19N/c1-5-7-8-9-10(6-2)11(3)4/h5-6,10H,1-2,7-9H2,3-4H3. The fourth-order valence-corrected chi connectivity index (χ4v) is 1.06. The zero-order valence-electron chi connectivity index (χ0n) is 7.71. The number of hydrogen-bond acceptors (Lipinski definition) is 1. The summed E-state index contributed by atoms with van der Waals surface area (Å²) in [6.07, 6.45) is 7.47. The average molecular weight is 153 g/mol. The first-order chi connectivity index (χ1) is 5.22.